The van der Waals surface area contributed by atoms with Crippen molar-refractivity contribution >= 4 is 11.8 Å². The lowest BCUT2D eigenvalue weighted by molar-refractivity contribution is -0.127. The van der Waals surface area contributed by atoms with Crippen LogP contribution in [-0.4, -0.2) is 49.4 Å². The van der Waals surface area contributed by atoms with Crippen LogP contribution in [0.15, 0.2) is 66.2 Å². The molecule has 0 saturated heterocycles. The molecule has 1 atom stereocenters. The Morgan fingerprint density at radius 3 is 2.78 bits per heavy atom. The average Bonchev–Trinajstić information content (AvgIpc) is 3.25. The standard InChI is InChI=1S/C24H29N3O5/c1-3-13-24(23(29)27-25-16-19-7-4-5-8-21(19)30-2)17-32-22(26-24)18-9-11-20(12-10-18)31-15-6-14-28/h3-5,7-12,25,28H,1,6,13-17H2,2H3,(H,27,29)/t24-/m0/s1. The number of hydrogen-bond donors (Lipinski definition) is 3. The van der Waals surface area contributed by atoms with E-state index in [9.17, 15) is 4.79 Å². The number of aliphatic imine (C=N–C) groups is 1. The Morgan fingerprint density at radius 2 is 2.06 bits per heavy atom. The number of nitrogens with one attached hydrogen (secondary N) is 2. The minimum absolute atomic E-state index is 0.0872. The molecule has 0 aliphatic carbocycles. The van der Waals surface area contributed by atoms with Crippen LogP contribution in [0.25, 0.3) is 0 Å². The van der Waals surface area contributed by atoms with E-state index in [0.29, 0.717) is 37.6 Å². The zero-order valence-corrected chi connectivity index (χ0v) is 18.2. The van der Waals surface area contributed by atoms with Gasteiger partial charge >= 0.3 is 0 Å². The van der Waals surface area contributed by atoms with Gasteiger partial charge in [-0.05, 0) is 30.3 Å². The minimum Gasteiger partial charge on any atom is -0.496 e. The number of aliphatic hydroxyl groups is 1. The molecule has 3 N–H and O–H groups in total. The fraction of sp³-hybridized carbons (Fsp3) is 0.333. The highest BCUT2D eigenvalue weighted by Crippen LogP contribution is 2.27. The molecule has 1 aliphatic rings. The van der Waals surface area contributed by atoms with Gasteiger partial charge in [-0.2, -0.15) is 0 Å². The molecular weight excluding hydrogens is 410 g/mol. The summed E-state index contributed by atoms with van der Waals surface area (Å²) >= 11 is 0. The van der Waals surface area contributed by atoms with Crippen molar-refractivity contribution in [2.45, 2.75) is 24.9 Å². The average molecular weight is 440 g/mol. The van der Waals surface area contributed by atoms with Crippen LogP contribution >= 0.6 is 0 Å². The molecule has 0 radical (unpaired) electrons. The number of ether oxygens (including phenoxy) is 3. The van der Waals surface area contributed by atoms with E-state index >= 15 is 0 Å². The predicted molar refractivity (Wildman–Crippen MR) is 122 cm³/mol. The van der Waals surface area contributed by atoms with Crippen molar-refractivity contribution in [3.05, 3.63) is 72.3 Å². The highest BCUT2D eigenvalue weighted by atomic mass is 16.5. The first-order chi connectivity index (χ1) is 15.6. The summed E-state index contributed by atoms with van der Waals surface area (Å²) in [6.07, 6.45) is 2.57. The molecule has 8 nitrogen and oxygen atoms in total. The van der Waals surface area contributed by atoms with Crippen LogP contribution in [0.5, 0.6) is 11.5 Å². The van der Waals surface area contributed by atoms with Crippen LogP contribution in [0.4, 0.5) is 0 Å². The third kappa shape index (κ3) is 5.66. The van der Waals surface area contributed by atoms with E-state index in [1.165, 1.54) is 0 Å². The molecule has 170 valence electrons. The molecule has 0 unspecified atom stereocenters. The second kappa shape index (κ2) is 11.3. The number of methoxy groups -OCH3 is 1. The van der Waals surface area contributed by atoms with Gasteiger partial charge < -0.3 is 19.3 Å². The number of hydrazine groups is 1. The molecule has 1 amide bonds. The number of hydrogen-bond acceptors (Lipinski definition) is 7. The van der Waals surface area contributed by atoms with Crippen LogP contribution in [0, 0.1) is 0 Å². The van der Waals surface area contributed by atoms with E-state index in [2.05, 4.69) is 22.4 Å². The Kier molecular flexibility index (Phi) is 8.24. The van der Waals surface area contributed by atoms with Gasteiger partial charge in [0.05, 0.1) is 13.7 Å². The first-order valence-corrected chi connectivity index (χ1v) is 10.4. The van der Waals surface area contributed by atoms with Gasteiger partial charge in [0, 0.05) is 37.1 Å². The summed E-state index contributed by atoms with van der Waals surface area (Å²) in [4.78, 5) is 17.6. The van der Waals surface area contributed by atoms with Crippen LogP contribution < -0.4 is 20.3 Å². The Morgan fingerprint density at radius 1 is 1.28 bits per heavy atom. The highest BCUT2D eigenvalue weighted by Gasteiger charge is 2.43. The molecule has 0 bridgehead atoms. The van der Waals surface area contributed by atoms with Crippen LogP contribution in [0.3, 0.4) is 0 Å². The Balaban J connectivity index is 1.65. The van der Waals surface area contributed by atoms with E-state index in [0.717, 1.165) is 16.9 Å². The molecule has 8 heteroatoms. The summed E-state index contributed by atoms with van der Waals surface area (Å²) in [5, 5.41) is 8.84. The van der Waals surface area contributed by atoms with Crippen LogP contribution in [0.1, 0.15) is 24.0 Å². The van der Waals surface area contributed by atoms with E-state index in [1.54, 1.807) is 25.3 Å². The van der Waals surface area contributed by atoms with Crippen molar-refractivity contribution in [2.24, 2.45) is 4.99 Å². The van der Waals surface area contributed by atoms with E-state index in [4.69, 9.17) is 19.3 Å². The van der Waals surface area contributed by atoms with Crippen molar-refractivity contribution in [3.8, 4) is 11.5 Å². The highest BCUT2D eigenvalue weighted by molar-refractivity contribution is 6.00. The van der Waals surface area contributed by atoms with Crippen molar-refractivity contribution in [2.75, 3.05) is 26.9 Å². The van der Waals surface area contributed by atoms with Crippen molar-refractivity contribution in [3.63, 3.8) is 0 Å². The first-order valence-electron chi connectivity index (χ1n) is 10.4. The second-order valence-corrected chi connectivity index (χ2v) is 7.30. The van der Waals surface area contributed by atoms with Crippen LogP contribution in [0.2, 0.25) is 0 Å². The third-order valence-corrected chi connectivity index (χ3v) is 5.01. The number of nitrogens with zero attached hydrogens (tertiary/aromatic N) is 1. The number of rotatable bonds is 12. The summed E-state index contributed by atoms with van der Waals surface area (Å²) in [6.45, 7) is 4.81. The summed E-state index contributed by atoms with van der Waals surface area (Å²) in [6, 6.07) is 14.8. The van der Waals surface area contributed by atoms with E-state index in [1.807, 2.05) is 36.4 Å². The van der Waals surface area contributed by atoms with Gasteiger partial charge in [-0.3, -0.25) is 10.2 Å². The van der Waals surface area contributed by atoms with Gasteiger partial charge in [0.1, 0.15) is 18.1 Å². The van der Waals surface area contributed by atoms with Gasteiger partial charge in [0.2, 0.25) is 5.90 Å². The smallest absolute Gasteiger partial charge is 0.266 e. The van der Waals surface area contributed by atoms with Gasteiger partial charge in [-0.25, -0.2) is 10.4 Å². The molecule has 0 spiro atoms. The zero-order chi connectivity index (χ0) is 22.8. The molecule has 0 saturated carbocycles. The minimum atomic E-state index is -1.10. The van der Waals surface area contributed by atoms with Gasteiger partial charge in [0.25, 0.3) is 5.91 Å². The van der Waals surface area contributed by atoms with E-state index in [-0.39, 0.29) is 19.1 Å². The molecule has 2 aromatic rings. The lowest BCUT2D eigenvalue weighted by Crippen LogP contribution is -2.51. The Labute approximate surface area is 187 Å². The molecule has 1 heterocycles. The fourth-order valence-corrected chi connectivity index (χ4v) is 3.28. The molecule has 3 rings (SSSR count). The quantitative estimate of drug-likeness (QED) is 0.267. The number of carbonyl (C=O) groups is 1. The van der Waals surface area contributed by atoms with Gasteiger partial charge in [-0.1, -0.05) is 24.3 Å². The van der Waals surface area contributed by atoms with Crippen molar-refractivity contribution < 1.29 is 24.1 Å². The van der Waals surface area contributed by atoms with Gasteiger partial charge in [-0.15, -0.1) is 6.58 Å². The molecule has 2 aromatic carbocycles. The maximum atomic E-state index is 13.0. The van der Waals surface area contributed by atoms with Crippen molar-refractivity contribution in [1.29, 1.82) is 0 Å². The SMILES string of the molecule is C=CC[C@@]1(C(=O)NNCc2ccccc2OC)COC(c2ccc(OCCCO)cc2)=N1. The van der Waals surface area contributed by atoms with E-state index < -0.39 is 5.54 Å². The second-order valence-electron chi connectivity index (χ2n) is 7.30. The Hall–Kier alpha value is -3.36. The number of benzene rings is 2. The third-order valence-electron chi connectivity index (χ3n) is 5.01. The topological polar surface area (TPSA) is 101 Å². The normalized spacial score (nSPS) is 17.2. The molecule has 0 aromatic heterocycles. The first kappa shape index (κ1) is 23.3. The Bertz CT molecular complexity index is 945. The maximum Gasteiger partial charge on any atom is 0.266 e. The number of aliphatic hydroxyl groups excluding tert-OH is 1. The zero-order valence-electron chi connectivity index (χ0n) is 18.2. The predicted octanol–water partition coefficient (Wildman–Crippen LogP) is 2.37. The lowest BCUT2D eigenvalue weighted by atomic mass is 9.97. The summed E-state index contributed by atoms with van der Waals surface area (Å²) in [5.41, 5.74) is 6.26. The summed E-state index contributed by atoms with van der Waals surface area (Å²) in [7, 11) is 1.61. The summed E-state index contributed by atoms with van der Waals surface area (Å²) in [5.74, 6) is 1.53. The number of para-hydroxylation sites is 1. The molecule has 0 fully saturated rings. The molecule has 1 aliphatic heterocycles. The number of carbonyl (C=O) groups excluding carboxylic acids is 1. The molecule has 32 heavy (non-hydrogen) atoms. The van der Waals surface area contributed by atoms with Crippen molar-refractivity contribution in [1.82, 2.24) is 10.9 Å². The largest absolute Gasteiger partial charge is 0.496 e. The summed E-state index contributed by atoms with van der Waals surface area (Å²) < 4.78 is 16.7. The molecular formula is C24H29N3O5. The lowest BCUT2D eigenvalue weighted by Gasteiger charge is -2.21. The number of amides is 1. The van der Waals surface area contributed by atoms with Gasteiger partial charge in [0.15, 0.2) is 5.54 Å². The maximum absolute atomic E-state index is 13.0. The monoisotopic (exact) mass is 439 g/mol. The van der Waals surface area contributed by atoms with Crippen LogP contribution in [-0.2, 0) is 16.1 Å². The fourth-order valence-electron chi connectivity index (χ4n) is 3.28.